The standard InChI is InChI=1S/C11H15O.BrH.Mg/c1-8(2)12-11-9(3)6-5-7-10(11)4;;/h6-8H,1-4H3;1H;/q-1;;+2/p-1. The Bertz CT molecular complexity index is 254. The fourth-order valence-electron chi connectivity index (χ4n) is 1.16. The van der Waals surface area contributed by atoms with Crippen LogP contribution in [-0.4, -0.2) is 29.2 Å². The monoisotopic (exact) mass is 266 g/mol. The summed E-state index contributed by atoms with van der Waals surface area (Å²) in [5.41, 5.74) is 2.31. The zero-order valence-electron chi connectivity index (χ0n) is 9.23. The first kappa shape index (κ1) is 16.7. The molecule has 0 saturated heterocycles. The molecule has 0 aliphatic heterocycles. The molecule has 0 aliphatic carbocycles. The molecule has 0 amide bonds. The molecule has 0 N–H and O–H groups in total. The quantitative estimate of drug-likeness (QED) is 0.519. The van der Waals surface area contributed by atoms with E-state index in [2.05, 4.69) is 6.07 Å². The SMILES string of the molecule is Cc1c[c-]cc(C)c1OC(C)C.[Br-].[Mg+2]. The van der Waals surface area contributed by atoms with Crippen LogP contribution in [0.25, 0.3) is 0 Å². The van der Waals surface area contributed by atoms with E-state index < -0.39 is 0 Å². The maximum absolute atomic E-state index is 5.66. The van der Waals surface area contributed by atoms with Gasteiger partial charge in [0.15, 0.2) is 0 Å². The Balaban J connectivity index is 0. The van der Waals surface area contributed by atoms with Gasteiger partial charge >= 0.3 is 23.1 Å². The number of ether oxygens (including phenoxy) is 1. The van der Waals surface area contributed by atoms with Gasteiger partial charge in [-0.1, -0.05) is 13.8 Å². The summed E-state index contributed by atoms with van der Waals surface area (Å²) >= 11 is 0. The minimum absolute atomic E-state index is 0. The molecule has 0 saturated carbocycles. The molecule has 1 rings (SSSR count). The summed E-state index contributed by atoms with van der Waals surface area (Å²) in [5.74, 6) is 1.00. The van der Waals surface area contributed by atoms with E-state index in [1.165, 1.54) is 0 Å². The van der Waals surface area contributed by atoms with Crippen molar-refractivity contribution in [2.45, 2.75) is 33.8 Å². The van der Waals surface area contributed by atoms with Gasteiger partial charge in [-0.2, -0.15) is 18.2 Å². The Morgan fingerprint density at radius 3 is 1.93 bits per heavy atom. The second-order valence-corrected chi connectivity index (χ2v) is 3.32. The van der Waals surface area contributed by atoms with Crippen LogP contribution in [0, 0.1) is 19.9 Å². The Morgan fingerprint density at radius 2 is 1.57 bits per heavy atom. The minimum Gasteiger partial charge on any atom is -1.00 e. The van der Waals surface area contributed by atoms with Crippen LogP contribution < -0.4 is 21.7 Å². The first-order valence-electron chi connectivity index (χ1n) is 4.25. The van der Waals surface area contributed by atoms with E-state index >= 15 is 0 Å². The van der Waals surface area contributed by atoms with Crippen molar-refractivity contribution < 1.29 is 21.7 Å². The molecule has 1 nitrogen and oxygen atoms in total. The molecule has 0 fully saturated rings. The van der Waals surface area contributed by atoms with E-state index in [1.54, 1.807) is 0 Å². The van der Waals surface area contributed by atoms with Crippen LogP contribution in [0.5, 0.6) is 5.75 Å². The second kappa shape index (κ2) is 7.54. The van der Waals surface area contributed by atoms with Crippen LogP contribution in [0.3, 0.4) is 0 Å². The van der Waals surface area contributed by atoms with Gasteiger partial charge in [0.05, 0.1) is 6.10 Å². The van der Waals surface area contributed by atoms with Crippen LogP contribution in [0.2, 0.25) is 0 Å². The Kier molecular flexibility index (Phi) is 8.99. The average Bonchev–Trinajstić information content (AvgIpc) is 1.97. The molecule has 0 aliphatic rings. The predicted octanol–water partition coefficient (Wildman–Crippen LogP) is -0.486. The van der Waals surface area contributed by atoms with Crippen LogP contribution in [0.1, 0.15) is 25.0 Å². The van der Waals surface area contributed by atoms with Crippen molar-refractivity contribution in [2.75, 3.05) is 0 Å². The summed E-state index contributed by atoms with van der Waals surface area (Å²) in [4.78, 5) is 0. The largest absolute Gasteiger partial charge is 2.00 e. The molecule has 74 valence electrons. The smallest absolute Gasteiger partial charge is 1.00 e. The minimum atomic E-state index is 0. The van der Waals surface area contributed by atoms with Crippen LogP contribution >= 0.6 is 0 Å². The number of aryl methyl sites for hydroxylation is 2. The van der Waals surface area contributed by atoms with Gasteiger partial charge in [0, 0.05) is 5.75 Å². The summed E-state index contributed by atoms with van der Waals surface area (Å²) in [7, 11) is 0. The number of benzene rings is 1. The van der Waals surface area contributed by atoms with Crippen LogP contribution in [-0.2, 0) is 0 Å². The third-order valence-electron chi connectivity index (χ3n) is 1.67. The molecule has 0 radical (unpaired) electrons. The second-order valence-electron chi connectivity index (χ2n) is 3.32. The maximum atomic E-state index is 5.66. The van der Waals surface area contributed by atoms with Crippen molar-refractivity contribution in [3.8, 4) is 5.75 Å². The normalized spacial score (nSPS) is 8.93. The van der Waals surface area contributed by atoms with E-state index in [0.29, 0.717) is 0 Å². The molecule has 0 aromatic heterocycles. The van der Waals surface area contributed by atoms with Gasteiger partial charge in [0.2, 0.25) is 0 Å². The zero-order valence-corrected chi connectivity index (χ0v) is 12.2. The molecule has 1 aromatic rings. The number of halogens is 1. The van der Waals surface area contributed by atoms with Crippen molar-refractivity contribution in [3.05, 3.63) is 29.3 Å². The van der Waals surface area contributed by atoms with Gasteiger partial charge in [0.1, 0.15) is 0 Å². The molecule has 3 heteroatoms. The number of rotatable bonds is 2. The van der Waals surface area contributed by atoms with E-state index in [-0.39, 0.29) is 46.1 Å². The third kappa shape index (κ3) is 4.67. The fraction of sp³-hybridized carbons (Fsp3) is 0.455. The number of hydrogen-bond donors (Lipinski definition) is 0. The molecule has 14 heavy (non-hydrogen) atoms. The number of hydrogen-bond acceptors (Lipinski definition) is 1. The van der Waals surface area contributed by atoms with Crippen LogP contribution in [0.4, 0.5) is 0 Å². The van der Waals surface area contributed by atoms with Crippen LogP contribution in [0.15, 0.2) is 12.1 Å². The summed E-state index contributed by atoms with van der Waals surface area (Å²) < 4.78 is 5.66. The van der Waals surface area contributed by atoms with Gasteiger partial charge in [-0.25, -0.2) is 0 Å². The van der Waals surface area contributed by atoms with E-state index in [0.717, 1.165) is 16.9 Å². The fourth-order valence-corrected chi connectivity index (χ4v) is 1.16. The first-order chi connectivity index (χ1) is 5.61. The summed E-state index contributed by atoms with van der Waals surface area (Å²) in [6.45, 7) is 8.16. The molecular formula is C11H15BrMgO. The van der Waals surface area contributed by atoms with Gasteiger partial charge in [0.25, 0.3) is 0 Å². The van der Waals surface area contributed by atoms with Crippen molar-refractivity contribution in [1.29, 1.82) is 0 Å². The average molecular weight is 267 g/mol. The van der Waals surface area contributed by atoms with E-state index in [9.17, 15) is 0 Å². The zero-order chi connectivity index (χ0) is 9.14. The maximum Gasteiger partial charge on any atom is 2.00 e. The molecule has 0 heterocycles. The summed E-state index contributed by atoms with van der Waals surface area (Å²) in [5, 5.41) is 0. The van der Waals surface area contributed by atoms with E-state index in [1.807, 2.05) is 39.8 Å². The molecule has 0 unspecified atom stereocenters. The summed E-state index contributed by atoms with van der Waals surface area (Å²) in [6.07, 6.45) is 0.241. The predicted molar refractivity (Wildman–Crippen MR) is 56.3 cm³/mol. The van der Waals surface area contributed by atoms with Crippen molar-refractivity contribution in [2.24, 2.45) is 0 Å². The summed E-state index contributed by atoms with van der Waals surface area (Å²) in [6, 6.07) is 6.96. The van der Waals surface area contributed by atoms with Gasteiger partial charge in [-0.05, 0) is 13.8 Å². The van der Waals surface area contributed by atoms with Crippen molar-refractivity contribution in [3.63, 3.8) is 0 Å². The molecular weight excluding hydrogens is 252 g/mol. The van der Waals surface area contributed by atoms with Gasteiger partial charge in [-0.3, -0.25) is 0 Å². The van der Waals surface area contributed by atoms with Crippen molar-refractivity contribution in [1.82, 2.24) is 0 Å². The Labute approximate surface area is 113 Å². The molecule has 1 aromatic carbocycles. The Hall–Kier alpha value is 0.266. The van der Waals surface area contributed by atoms with Crippen molar-refractivity contribution >= 4 is 23.1 Å². The van der Waals surface area contributed by atoms with Gasteiger partial charge < -0.3 is 21.7 Å². The molecule has 0 bridgehead atoms. The molecule has 0 atom stereocenters. The molecule has 0 spiro atoms. The topological polar surface area (TPSA) is 9.23 Å². The van der Waals surface area contributed by atoms with E-state index in [4.69, 9.17) is 4.74 Å². The Morgan fingerprint density at radius 1 is 1.14 bits per heavy atom. The first-order valence-corrected chi connectivity index (χ1v) is 4.25. The third-order valence-corrected chi connectivity index (χ3v) is 1.67. The van der Waals surface area contributed by atoms with Gasteiger partial charge in [-0.15, -0.1) is 11.1 Å².